The number of carbonyl (C=O) groups is 1. The van der Waals surface area contributed by atoms with Crippen molar-refractivity contribution in [1.29, 1.82) is 0 Å². The largest absolute Gasteiger partial charge is 0.508 e. The van der Waals surface area contributed by atoms with E-state index in [-0.39, 0.29) is 17.6 Å². The van der Waals surface area contributed by atoms with Gasteiger partial charge in [-0.2, -0.15) is 0 Å². The molecule has 2 heterocycles. The lowest BCUT2D eigenvalue weighted by Crippen LogP contribution is -2.12. The Kier molecular flexibility index (Phi) is 7.60. The highest BCUT2D eigenvalue weighted by molar-refractivity contribution is 7.99. The highest BCUT2D eigenvalue weighted by Crippen LogP contribution is 2.38. The van der Waals surface area contributed by atoms with Gasteiger partial charge in [0, 0.05) is 26.7 Å². The zero-order valence-electron chi connectivity index (χ0n) is 21.7. The van der Waals surface area contributed by atoms with Gasteiger partial charge >= 0.3 is 0 Å². The molecule has 0 saturated carbocycles. The van der Waals surface area contributed by atoms with Crippen molar-refractivity contribution in [3.8, 4) is 11.5 Å². The molecule has 0 unspecified atom stereocenters. The van der Waals surface area contributed by atoms with Gasteiger partial charge in [-0.3, -0.25) is 4.79 Å². The fraction of sp³-hybridized carbons (Fsp3) is 0.133. The number of aromatic nitrogens is 3. The molecular weight excluding hydrogens is 510 g/mol. The van der Waals surface area contributed by atoms with Crippen molar-refractivity contribution in [2.75, 3.05) is 17.7 Å². The van der Waals surface area contributed by atoms with Gasteiger partial charge in [0.2, 0.25) is 0 Å². The molecule has 0 aliphatic rings. The maximum Gasteiger partial charge on any atom is 0.255 e. The number of benzene rings is 3. The molecular formula is C30H27N5O3S. The van der Waals surface area contributed by atoms with Crippen molar-refractivity contribution in [3.63, 3.8) is 0 Å². The highest BCUT2D eigenvalue weighted by atomic mass is 32.2. The van der Waals surface area contributed by atoms with E-state index in [0.29, 0.717) is 28.5 Å². The third-order valence-corrected chi connectivity index (χ3v) is 7.04. The smallest absolute Gasteiger partial charge is 0.255 e. The number of methoxy groups -OCH3 is 1. The fourth-order valence-electron chi connectivity index (χ4n) is 3.94. The molecule has 0 aliphatic carbocycles. The van der Waals surface area contributed by atoms with Crippen LogP contribution in [0, 0.1) is 0 Å². The summed E-state index contributed by atoms with van der Waals surface area (Å²) in [6.07, 6.45) is 1.48. The lowest BCUT2D eigenvalue weighted by molar-refractivity contribution is 0.102. The SMILES string of the molecule is COc1cccc(C(=O)Nc2ccc(Sc3cccc(O)c3)c(Nc3ncnc4nc(C(C)C)ccc34)c2)c1. The zero-order chi connectivity index (χ0) is 27.4. The zero-order valence-corrected chi connectivity index (χ0v) is 22.5. The minimum Gasteiger partial charge on any atom is -0.508 e. The van der Waals surface area contributed by atoms with Gasteiger partial charge in [-0.15, -0.1) is 0 Å². The lowest BCUT2D eigenvalue weighted by Gasteiger charge is -2.15. The predicted molar refractivity (Wildman–Crippen MR) is 154 cm³/mol. The molecule has 196 valence electrons. The maximum absolute atomic E-state index is 13.0. The van der Waals surface area contributed by atoms with Gasteiger partial charge in [-0.05, 0) is 72.6 Å². The number of nitrogens with one attached hydrogen (secondary N) is 2. The Hall–Kier alpha value is -4.63. The van der Waals surface area contributed by atoms with E-state index < -0.39 is 0 Å². The molecule has 0 aliphatic heterocycles. The van der Waals surface area contributed by atoms with Crippen LogP contribution >= 0.6 is 11.8 Å². The number of carbonyl (C=O) groups excluding carboxylic acids is 1. The Labute approximate surface area is 230 Å². The number of phenols is 1. The summed E-state index contributed by atoms with van der Waals surface area (Å²) in [4.78, 5) is 28.3. The molecule has 0 atom stereocenters. The van der Waals surface area contributed by atoms with E-state index >= 15 is 0 Å². The molecule has 8 nitrogen and oxygen atoms in total. The Morgan fingerprint density at radius 1 is 0.974 bits per heavy atom. The van der Waals surface area contributed by atoms with Gasteiger partial charge in [-0.1, -0.05) is 37.7 Å². The van der Waals surface area contributed by atoms with Crippen molar-refractivity contribution in [2.24, 2.45) is 0 Å². The Bertz CT molecular complexity index is 1660. The minimum absolute atomic E-state index is 0.186. The first-order chi connectivity index (χ1) is 18.9. The van der Waals surface area contributed by atoms with Crippen LogP contribution in [0.25, 0.3) is 11.0 Å². The fourth-order valence-corrected chi connectivity index (χ4v) is 4.88. The molecule has 0 saturated heterocycles. The molecule has 0 fully saturated rings. The number of aromatic hydroxyl groups is 1. The maximum atomic E-state index is 13.0. The van der Waals surface area contributed by atoms with E-state index in [1.165, 1.54) is 18.1 Å². The number of anilines is 3. The molecule has 0 spiro atoms. The Morgan fingerprint density at radius 2 is 1.82 bits per heavy atom. The van der Waals surface area contributed by atoms with E-state index in [1.807, 2.05) is 36.4 Å². The predicted octanol–water partition coefficient (Wildman–Crippen LogP) is 7.01. The first-order valence-corrected chi connectivity index (χ1v) is 13.2. The van der Waals surface area contributed by atoms with Crippen LogP contribution in [0.4, 0.5) is 17.2 Å². The molecule has 39 heavy (non-hydrogen) atoms. The van der Waals surface area contributed by atoms with E-state index in [1.54, 1.807) is 49.6 Å². The molecule has 3 aromatic carbocycles. The molecule has 5 aromatic rings. The highest BCUT2D eigenvalue weighted by Gasteiger charge is 2.14. The second-order valence-electron chi connectivity index (χ2n) is 9.11. The van der Waals surface area contributed by atoms with Crippen LogP contribution in [-0.4, -0.2) is 33.1 Å². The summed E-state index contributed by atoms with van der Waals surface area (Å²) in [6.45, 7) is 4.18. The van der Waals surface area contributed by atoms with Crippen molar-refractivity contribution in [2.45, 2.75) is 29.6 Å². The molecule has 5 rings (SSSR count). The third-order valence-electron chi connectivity index (χ3n) is 5.98. The molecule has 0 bridgehead atoms. The summed E-state index contributed by atoms with van der Waals surface area (Å²) in [7, 11) is 1.56. The van der Waals surface area contributed by atoms with Gasteiger partial charge in [0.15, 0.2) is 5.65 Å². The summed E-state index contributed by atoms with van der Waals surface area (Å²) in [6, 6.07) is 23.6. The standard InChI is InChI=1S/C30H27N5O3S/c1-18(2)25-12-11-24-28(34-25)31-17-32-29(24)35-26-15-20(33-30(37)19-6-4-8-22(14-19)38-3)10-13-27(26)39-23-9-5-7-21(36)16-23/h4-18,36H,1-3H3,(H,33,37)(H,31,32,34,35). The summed E-state index contributed by atoms with van der Waals surface area (Å²) in [5.74, 6) is 1.40. The molecule has 1 amide bonds. The third kappa shape index (κ3) is 6.10. The summed E-state index contributed by atoms with van der Waals surface area (Å²) >= 11 is 1.48. The van der Waals surface area contributed by atoms with Crippen LogP contribution in [0.5, 0.6) is 11.5 Å². The monoisotopic (exact) mass is 537 g/mol. The number of hydrogen-bond donors (Lipinski definition) is 3. The Morgan fingerprint density at radius 3 is 2.62 bits per heavy atom. The summed E-state index contributed by atoms with van der Waals surface area (Å²) in [5.41, 5.74) is 3.36. The number of hydrogen-bond acceptors (Lipinski definition) is 8. The van der Waals surface area contributed by atoms with Crippen LogP contribution in [0.15, 0.2) is 95.0 Å². The number of rotatable bonds is 8. The number of nitrogens with zero attached hydrogens (tertiary/aromatic N) is 3. The average Bonchev–Trinajstić information content (AvgIpc) is 2.94. The number of fused-ring (bicyclic) bond motifs is 1. The van der Waals surface area contributed by atoms with Crippen molar-refractivity contribution in [3.05, 3.63) is 96.4 Å². The van der Waals surface area contributed by atoms with Gasteiger partial charge in [0.05, 0.1) is 18.2 Å². The van der Waals surface area contributed by atoms with Gasteiger partial charge in [0.25, 0.3) is 5.91 Å². The molecule has 2 aromatic heterocycles. The average molecular weight is 538 g/mol. The topological polar surface area (TPSA) is 109 Å². The molecule has 3 N–H and O–H groups in total. The number of phenolic OH excluding ortho intramolecular Hbond substituents is 1. The van der Waals surface area contributed by atoms with Crippen molar-refractivity contribution in [1.82, 2.24) is 15.0 Å². The quantitative estimate of drug-likeness (QED) is 0.194. The summed E-state index contributed by atoms with van der Waals surface area (Å²) in [5, 5.41) is 17.1. The normalized spacial score (nSPS) is 11.0. The lowest BCUT2D eigenvalue weighted by atomic mass is 10.1. The number of amides is 1. The van der Waals surface area contributed by atoms with Crippen LogP contribution in [-0.2, 0) is 0 Å². The first-order valence-electron chi connectivity index (χ1n) is 12.3. The van der Waals surface area contributed by atoms with Crippen molar-refractivity contribution >= 4 is 45.9 Å². The van der Waals surface area contributed by atoms with Crippen LogP contribution in [0.2, 0.25) is 0 Å². The van der Waals surface area contributed by atoms with Gasteiger partial charge < -0.3 is 20.5 Å². The van der Waals surface area contributed by atoms with Crippen molar-refractivity contribution < 1.29 is 14.6 Å². The minimum atomic E-state index is -0.258. The second kappa shape index (κ2) is 11.4. The molecule has 9 heteroatoms. The number of ether oxygens (including phenoxy) is 1. The van der Waals surface area contributed by atoms with E-state index in [0.717, 1.165) is 26.6 Å². The van der Waals surface area contributed by atoms with E-state index in [2.05, 4.69) is 34.4 Å². The number of pyridine rings is 1. The van der Waals surface area contributed by atoms with Crippen LogP contribution in [0.3, 0.4) is 0 Å². The van der Waals surface area contributed by atoms with E-state index in [4.69, 9.17) is 9.72 Å². The van der Waals surface area contributed by atoms with Crippen LogP contribution in [0.1, 0.15) is 35.8 Å². The molecule has 0 radical (unpaired) electrons. The second-order valence-corrected chi connectivity index (χ2v) is 10.2. The summed E-state index contributed by atoms with van der Waals surface area (Å²) < 4.78 is 5.25. The van der Waals surface area contributed by atoms with E-state index in [9.17, 15) is 9.90 Å². The Balaban J connectivity index is 1.51. The first kappa shape index (κ1) is 26.0. The van der Waals surface area contributed by atoms with Crippen LogP contribution < -0.4 is 15.4 Å². The van der Waals surface area contributed by atoms with Gasteiger partial charge in [0.1, 0.15) is 23.6 Å². The van der Waals surface area contributed by atoms with Gasteiger partial charge in [-0.25, -0.2) is 15.0 Å².